The zero-order chi connectivity index (χ0) is 44.6. The molecule has 2 aliphatic rings. The largest absolute Gasteiger partial charge is 0.353 e. The van der Waals surface area contributed by atoms with Gasteiger partial charge in [-0.25, -0.2) is 9.46 Å². The third-order valence-corrected chi connectivity index (χ3v) is 12.8. The molecule has 0 bridgehead atoms. The van der Waals surface area contributed by atoms with Gasteiger partial charge in [0.25, 0.3) is 14.1 Å². The van der Waals surface area contributed by atoms with Crippen LogP contribution in [0.3, 0.4) is 0 Å². The van der Waals surface area contributed by atoms with Gasteiger partial charge in [0.15, 0.2) is 0 Å². The Labute approximate surface area is 362 Å². The van der Waals surface area contributed by atoms with Gasteiger partial charge in [0.1, 0.15) is 12.0 Å². The van der Waals surface area contributed by atoms with Crippen molar-refractivity contribution in [1.29, 1.82) is 0 Å². The van der Waals surface area contributed by atoms with Gasteiger partial charge in [0.2, 0.25) is 11.8 Å². The zero-order valence-electron chi connectivity index (χ0n) is 37.2. The molecule has 4 atom stereocenters. The first kappa shape index (κ1) is 45.8. The number of fused-ring (bicyclic) bond motifs is 2. The van der Waals surface area contributed by atoms with Crippen molar-refractivity contribution in [3.8, 4) is 11.8 Å². The Balaban J connectivity index is 0.969. The fraction of sp³-hybridized carbons (Fsp3) is 0.511. The molecule has 14 heteroatoms. The molecule has 1 aromatic heterocycles. The van der Waals surface area contributed by atoms with E-state index in [-0.39, 0.29) is 48.6 Å². The van der Waals surface area contributed by atoms with E-state index in [0.29, 0.717) is 45.2 Å². The van der Waals surface area contributed by atoms with Crippen molar-refractivity contribution in [1.82, 2.24) is 19.5 Å². The number of carbonyl (C=O) groups excluding carboxylic acids is 3. The highest BCUT2D eigenvalue weighted by Gasteiger charge is 2.39. The Morgan fingerprint density at radius 2 is 1.61 bits per heavy atom. The molecule has 0 saturated carbocycles. The minimum atomic E-state index is -1.45. The Kier molecular flexibility index (Phi) is 17.6. The number of carbonyl (C=O) groups is 3. The Bertz CT molecular complexity index is 2190. The van der Waals surface area contributed by atoms with Gasteiger partial charge < -0.3 is 24.0 Å². The van der Waals surface area contributed by atoms with E-state index in [1.165, 1.54) is 22.9 Å². The monoisotopic (exact) mass is 856 g/mol. The lowest BCUT2D eigenvalue weighted by atomic mass is 10.0. The molecule has 61 heavy (non-hydrogen) atoms. The molecule has 2 aromatic carbocycles. The van der Waals surface area contributed by atoms with Crippen molar-refractivity contribution in [2.75, 3.05) is 18.6 Å². The lowest BCUT2D eigenvalue weighted by Crippen LogP contribution is -2.35. The SMILES string of the molecule is [2H]C[C@H]1O[C@@H](n2cc(/C=C/C(=O)NCCCCCCCC(=O)CCCCC(=O)N3Cc4ccccc4C#Cc4ccccc43)c(=O)[nH]c2=O)C[C@H]1OP(OC)N(C(C)C)C(C)C. The number of anilines is 1. The van der Waals surface area contributed by atoms with Gasteiger partial charge in [-0.15, -0.1) is 0 Å². The van der Waals surface area contributed by atoms with Crippen molar-refractivity contribution in [2.45, 2.75) is 142 Å². The number of unbranched alkanes of at least 4 members (excludes halogenated alkanes) is 5. The number of Topliss-reactive ketones (excluding diaryl/α,β-unsaturated/α-hetero) is 1. The van der Waals surface area contributed by atoms with Crippen LogP contribution < -0.4 is 21.5 Å². The highest BCUT2D eigenvalue weighted by molar-refractivity contribution is 7.44. The number of nitrogens with zero attached hydrogens (tertiary/aromatic N) is 3. The smallest absolute Gasteiger partial charge is 0.330 e. The molecule has 1 fully saturated rings. The van der Waals surface area contributed by atoms with E-state index in [4.69, 9.17) is 15.2 Å². The molecule has 1 saturated heterocycles. The highest BCUT2D eigenvalue weighted by atomic mass is 31.2. The number of benzene rings is 2. The van der Waals surface area contributed by atoms with Crippen LogP contribution in [0.4, 0.5) is 5.69 Å². The maximum Gasteiger partial charge on any atom is 0.330 e. The maximum atomic E-state index is 13.4. The second-order valence-electron chi connectivity index (χ2n) is 16.0. The second kappa shape index (κ2) is 23.5. The van der Waals surface area contributed by atoms with Gasteiger partial charge in [0, 0.05) is 76.2 Å². The molecule has 0 aliphatic carbocycles. The second-order valence-corrected chi connectivity index (χ2v) is 17.6. The average molecular weight is 857 g/mol. The Morgan fingerprint density at radius 3 is 2.34 bits per heavy atom. The Morgan fingerprint density at radius 1 is 0.951 bits per heavy atom. The predicted molar refractivity (Wildman–Crippen MR) is 240 cm³/mol. The molecule has 13 nitrogen and oxygen atoms in total. The van der Waals surface area contributed by atoms with Gasteiger partial charge in [-0.1, -0.05) is 61.4 Å². The van der Waals surface area contributed by atoms with E-state index in [9.17, 15) is 24.0 Å². The summed E-state index contributed by atoms with van der Waals surface area (Å²) in [4.78, 5) is 68.2. The number of aromatic nitrogens is 2. The number of ketones is 1. The molecule has 1 unspecified atom stereocenters. The minimum absolute atomic E-state index is 0.0294. The van der Waals surface area contributed by atoms with Gasteiger partial charge in [-0.2, -0.15) is 0 Å². The summed E-state index contributed by atoms with van der Waals surface area (Å²) in [5.74, 6) is 6.35. The number of rotatable bonds is 22. The van der Waals surface area contributed by atoms with Crippen LogP contribution in [0.5, 0.6) is 0 Å². The standard InChI is InChI=1S/C47H62N5O8P/c1-33(2)52(34(3)4)61(58-6)60-42-30-45(59-35(42)5)51-32-39(46(56)49-47(51)57)27-28-43(54)48-29-17-9-7-8-10-21-40(53)22-14-16-24-44(55)50-31-38-20-12-11-18-36(38)25-26-37-19-13-15-23-41(37)50/h11-13,15,18-20,23,27-28,32-35,42,45H,7-10,14,16-17,21-22,24,29-31H2,1-6H3,(H,48,54)(H,49,56,57)/b28-27+/t35-,42-,45-,61?/m1/s1/i5D. The van der Waals surface area contributed by atoms with Crippen molar-refractivity contribution < 1.29 is 29.5 Å². The third-order valence-electron chi connectivity index (χ3n) is 10.7. The predicted octanol–water partition coefficient (Wildman–Crippen LogP) is 7.77. The van der Waals surface area contributed by atoms with E-state index in [0.717, 1.165) is 54.5 Å². The number of ether oxygens (including phenoxy) is 1. The summed E-state index contributed by atoms with van der Waals surface area (Å²) in [6.45, 7) is 9.06. The molecule has 2 amide bonds. The topological polar surface area (TPSA) is 152 Å². The molecule has 0 spiro atoms. The van der Waals surface area contributed by atoms with Crippen LogP contribution in [0.1, 0.15) is 135 Å². The molecule has 0 radical (unpaired) electrons. The number of para-hydroxylation sites is 1. The first-order chi connectivity index (χ1) is 29.9. The van der Waals surface area contributed by atoms with Crippen molar-refractivity contribution in [2.24, 2.45) is 0 Å². The van der Waals surface area contributed by atoms with Crippen molar-refractivity contribution >= 4 is 37.9 Å². The lowest BCUT2D eigenvalue weighted by Gasteiger charge is -2.36. The van der Waals surface area contributed by atoms with E-state index < -0.39 is 38.2 Å². The van der Waals surface area contributed by atoms with Crippen LogP contribution in [-0.4, -0.2) is 69.8 Å². The summed E-state index contributed by atoms with van der Waals surface area (Å²) in [5, 5.41) is 2.83. The normalized spacial score (nSPS) is 18.0. The van der Waals surface area contributed by atoms with Crippen LogP contribution >= 0.6 is 8.53 Å². The van der Waals surface area contributed by atoms with E-state index in [1.807, 2.05) is 53.4 Å². The van der Waals surface area contributed by atoms with E-state index >= 15 is 0 Å². The molecule has 2 N–H and O–H groups in total. The summed E-state index contributed by atoms with van der Waals surface area (Å²) in [6.07, 6.45) is 9.36. The molecule has 5 rings (SSSR count). The van der Waals surface area contributed by atoms with E-state index in [1.54, 1.807) is 7.11 Å². The van der Waals surface area contributed by atoms with Crippen LogP contribution in [0.25, 0.3) is 6.08 Å². The van der Waals surface area contributed by atoms with E-state index in [2.05, 4.69) is 54.5 Å². The molecular weight excluding hydrogens is 794 g/mol. The van der Waals surface area contributed by atoms with Gasteiger partial charge in [-0.05, 0) is 90.1 Å². The van der Waals surface area contributed by atoms with Crippen LogP contribution in [0.2, 0.25) is 0 Å². The summed E-state index contributed by atoms with van der Waals surface area (Å²) in [6, 6.07) is 15.9. The fourth-order valence-corrected chi connectivity index (χ4v) is 9.17. The first-order valence-corrected chi connectivity index (χ1v) is 22.6. The Hall–Kier alpha value is -4.70. The molecule has 2 aliphatic heterocycles. The van der Waals surface area contributed by atoms with Gasteiger partial charge in [0.05, 0.1) is 30.0 Å². The summed E-state index contributed by atoms with van der Waals surface area (Å²) < 4.78 is 29.6. The zero-order valence-corrected chi connectivity index (χ0v) is 37.1. The summed E-state index contributed by atoms with van der Waals surface area (Å²) >= 11 is 0. The quantitative estimate of drug-likeness (QED) is 0.0447. The number of hydrogen-bond donors (Lipinski definition) is 2. The van der Waals surface area contributed by atoms with Crippen LogP contribution in [0, 0.1) is 11.8 Å². The first-order valence-electron chi connectivity index (χ1n) is 22.2. The molecule has 3 heterocycles. The van der Waals surface area contributed by atoms with Crippen LogP contribution in [0.15, 0.2) is 70.4 Å². The van der Waals surface area contributed by atoms with Gasteiger partial charge >= 0.3 is 5.69 Å². The van der Waals surface area contributed by atoms with Crippen molar-refractivity contribution in [3.63, 3.8) is 0 Å². The lowest BCUT2D eigenvalue weighted by molar-refractivity contribution is -0.120. The van der Waals surface area contributed by atoms with Crippen molar-refractivity contribution in [3.05, 3.63) is 104 Å². The summed E-state index contributed by atoms with van der Waals surface area (Å²) in [5.41, 5.74) is 2.41. The fourth-order valence-electron chi connectivity index (χ4n) is 7.58. The number of nitrogens with one attached hydrogen (secondary N) is 2. The third kappa shape index (κ3) is 13.6. The maximum absolute atomic E-state index is 13.4. The van der Waals surface area contributed by atoms with Crippen LogP contribution in [-0.2, 0) is 34.7 Å². The molecular formula is C47H62N5O8P. The number of hydrogen-bond acceptors (Lipinski definition) is 9. The average Bonchev–Trinajstić information content (AvgIpc) is 3.65. The summed E-state index contributed by atoms with van der Waals surface area (Å²) in [7, 11) is 0.140. The number of aromatic amines is 1. The number of amides is 2. The minimum Gasteiger partial charge on any atom is -0.353 e. The highest BCUT2D eigenvalue weighted by Crippen LogP contribution is 2.49. The van der Waals surface area contributed by atoms with Gasteiger partial charge in [-0.3, -0.25) is 28.7 Å². The number of H-pyrrole nitrogens is 1. The molecule has 328 valence electrons. The molecule has 3 aromatic rings.